The Labute approximate surface area is 119 Å². The van der Waals surface area contributed by atoms with Crippen molar-refractivity contribution in [1.82, 2.24) is 9.03 Å². The van der Waals surface area contributed by atoms with E-state index in [-0.39, 0.29) is 6.42 Å². The maximum Gasteiger partial charge on any atom is 0.305 e. The second-order valence-electron chi connectivity index (χ2n) is 5.53. The zero-order chi connectivity index (χ0) is 14.6. The van der Waals surface area contributed by atoms with Gasteiger partial charge in [-0.05, 0) is 12.8 Å². The van der Waals surface area contributed by atoms with Crippen molar-refractivity contribution >= 4 is 16.2 Å². The van der Waals surface area contributed by atoms with Gasteiger partial charge in [0.1, 0.15) is 0 Å². The Morgan fingerprint density at radius 3 is 2.35 bits per heavy atom. The normalized spacial score (nSPS) is 24.4. The van der Waals surface area contributed by atoms with Crippen LogP contribution in [0.2, 0.25) is 0 Å². The van der Waals surface area contributed by atoms with E-state index >= 15 is 0 Å². The zero-order valence-corrected chi connectivity index (χ0v) is 12.3. The van der Waals surface area contributed by atoms with Crippen molar-refractivity contribution in [1.29, 1.82) is 0 Å². The van der Waals surface area contributed by atoms with Crippen molar-refractivity contribution in [3.05, 3.63) is 0 Å². The van der Waals surface area contributed by atoms with E-state index in [1.165, 1.54) is 4.31 Å². The lowest BCUT2D eigenvalue weighted by atomic mass is 9.80. The quantitative estimate of drug-likeness (QED) is 0.763. The third-order valence-electron chi connectivity index (χ3n) is 3.96. The summed E-state index contributed by atoms with van der Waals surface area (Å²) in [5, 5.41) is 9.07. The molecule has 0 bridgehead atoms. The predicted octanol–water partition coefficient (Wildman–Crippen LogP) is 0.331. The molecule has 8 heteroatoms. The van der Waals surface area contributed by atoms with Gasteiger partial charge in [0.2, 0.25) is 0 Å². The number of nitrogens with zero attached hydrogens (tertiary/aromatic N) is 1. The highest BCUT2D eigenvalue weighted by atomic mass is 32.2. The summed E-state index contributed by atoms with van der Waals surface area (Å²) in [4.78, 5) is 11.1. The van der Waals surface area contributed by atoms with E-state index in [1.807, 2.05) is 0 Å². The van der Waals surface area contributed by atoms with Crippen LogP contribution in [-0.2, 0) is 19.7 Å². The Bertz CT molecular complexity index is 439. The number of aliphatic carboxylic acids is 1. The van der Waals surface area contributed by atoms with Gasteiger partial charge in [0.15, 0.2) is 0 Å². The molecule has 1 saturated carbocycles. The van der Waals surface area contributed by atoms with E-state index in [1.54, 1.807) is 0 Å². The van der Waals surface area contributed by atoms with Crippen molar-refractivity contribution in [2.45, 2.75) is 44.1 Å². The molecule has 2 N–H and O–H groups in total. The topological polar surface area (TPSA) is 95.9 Å². The Kier molecular flexibility index (Phi) is 5.00. The number of morpholine rings is 1. The molecule has 7 nitrogen and oxygen atoms in total. The van der Waals surface area contributed by atoms with Crippen LogP contribution in [0.1, 0.15) is 38.5 Å². The van der Waals surface area contributed by atoms with Crippen LogP contribution in [0.15, 0.2) is 0 Å². The molecule has 0 aromatic carbocycles. The van der Waals surface area contributed by atoms with Crippen LogP contribution < -0.4 is 4.72 Å². The molecular formula is C12H22N2O5S. The minimum absolute atomic E-state index is 0.156. The number of nitrogens with one attached hydrogen (secondary N) is 1. The monoisotopic (exact) mass is 306 g/mol. The first-order valence-electron chi connectivity index (χ1n) is 7.02. The second-order valence-corrected chi connectivity index (χ2v) is 7.20. The van der Waals surface area contributed by atoms with Crippen LogP contribution in [0.3, 0.4) is 0 Å². The molecule has 1 heterocycles. The third kappa shape index (κ3) is 3.91. The molecule has 0 radical (unpaired) electrons. The Balaban J connectivity index is 2.11. The third-order valence-corrected chi connectivity index (χ3v) is 5.69. The molecule has 1 saturated heterocycles. The first kappa shape index (κ1) is 15.7. The maximum absolute atomic E-state index is 12.4. The van der Waals surface area contributed by atoms with E-state index in [4.69, 9.17) is 9.84 Å². The summed E-state index contributed by atoms with van der Waals surface area (Å²) >= 11 is 0. The molecular weight excluding hydrogens is 284 g/mol. The number of ether oxygens (including phenoxy) is 1. The standard InChI is InChI=1S/C12H22N2O5S/c15-11(16)10-12(4-2-1-3-5-12)13-20(17,18)14-6-8-19-9-7-14/h13H,1-10H2,(H,15,16). The van der Waals surface area contributed by atoms with E-state index in [2.05, 4.69) is 4.72 Å². The van der Waals surface area contributed by atoms with Crippen molar-refractivity contribution in [2.24, 2.45) is 0 Å². The summed E-state index contributed by atoms with van der Waals surface area (Å²) in [7, 11) is -3.65. The van der Waals surface area contributed by atoms with Crippen LogP contribution >= 0.6 is 0 Å². The average Bonchev–Trinajstić information content (AvgIpc) is 2.39. The Hall–Kier alpha value is -0.700. The van der Waals surface area contributed by atoms with E-state index in [0.717, 1.165) is 19.3 Å². The lowest BCUT2D eigenvalue weighted by Crippen LogP contribution is -2.57. The van der Waals surface area contributed by atoms with Gasteiger partial charge in [-0.2, -0.15) is 17.4 Å². The summed E-state index contributed by atoms with van der Waals surface area (Å²) in [6, 6.07) is 0. The van der Waals surface area contributed by atoms with Crippen molar-refractivity contribution in [3.63, 3.8) is 0 Å². The minimum Gasteiger partial charge on any atom is -0.481 e. The summed E-state index contributed by atoms with van der Waals surface area (Å²) in [5.74, 6) is -0.962. The number of carboxylic acids is 1. The molecule has 0 atom stereocenters. The van der Waals surface area contributed by atoms with E-state index in [0.29, 0.717) is 39.1 Å². The Morgan fingerprint density at radius 2 is 1.80 bits per heavy atom. The van der Waals surface area contributed by atoms with Gasteiger partial charge in [-0.25, -0.2) is 0 Å². The summed E-state index contributed by atoms with van der Waals surface area (Å²) in [6.45, 7) is 1.40. The highest BCUT2D eigenvalue weighted by Crippen LogP contribution is 2.32. The number of hydrogen-bond donors (Lipinski definition) is 2. The van der Waals surface area contributed by atoms with Gasteiger partial charge in [-0.15, -0.1) is 0 Å². The molecule has 0 aromatic heterocycles. The first-order valence-corrected chi connectivity index (χ1v) is 8.46. The van der Waals surface area contributed by atoms with Gasteiger partial charge in [0.25, 0.3) is 10.2 Å². The molecule has 0 amide bonds. The summed E-state index contributed by atoms with van der Waals surface area (Å²) in [6.07, 6.45) is 3.76. The Morgan fingerprint density at radius 1 is 1.20 bits per heavy atom. The lowest BCUT2D eigenvalue weighted by molar-refractivity contribution is -0.138. The molecule has 2 aliphatic rings. The summed E-state index contributed by atoms with van der Waals surface area (Å²) in [5.41, 5.74) is -0.832. The molecule has 0 spiro atoms. The van der Waals surface area contributed by atoms with Gasteiger partial charge < -0.3 is 9.84 Å². The second kappa shape index (κ2) is 6.38. The lowest BCUT2D eigenvalue weighted by Gasteiger charge is -2.38. The van der Waals surface area contributed by atoms with Crippen molar-refractivity contribution in [2.75, 3.05) is 26.3 Å². The van der Waals surface area contributed by atoms with Crippen LogP contribution in [0.5, 0.6) is 0 Å². The highest BCUT2D eigenvalue weighted by molar-refractivity contribution is 7.87. The molecule has 0 unspecified atom stereocenters. The molecule has 20 heavy (non-hydrogen) atoms. The van der Waals surface area contributed by atoms with Gasteiger partial charge in [-0.1, -0.05) is 19.3 Å². The van der Waals surface area contributed by atoms with Crippen molar-refractivity contribution < 1.29 is 23.1 Å². The van der Waals surface area contributed by atoms with Crippen LogP contribution in [-0.4, -0.2) is 55.6 Å². The molecule has 116 valence electrons. The molecule has 1 aliphatic carbocycles. The first-order chi connectivity index (χ1) is 9.44. The number of hydrogen-bond acceptors (Lipinski definition) is 4. The molecule has 2 rings (SSSR count). The fourth-order valence-electron chi connectivity index (χ4n) is 2.96. The van der Waals surface area contributed by atoms with Gasteiger partial charge in [0.05, 0.1) is 19.6 Å². The predicted molar refractivity (Wildman–Crippen MR) is 72.5 cm³/mol. The number of carboxylic acid groups (broad SMARTS) is 1. The number of carbonyl (C=O) groups is 1. The summed E-state index contributed by atoms with van der Waals surface area (Å²) < 4.78 is 34.0. The zero-order valence-electron chi connectivity index (χ0n) is 11.5. The number of rotatable bonds is 5. The van der Waals surface area contributed by atoms with E-state index < -0.39 is 21.7 Å². The van der Waals surface area contributed by atoms with Gasteiger partial charge in [0, 0.05) is 18.6 Å². The molecule has 2 fully saturated rings. The van der Waals surface area contributed by atoms with Gasteiger partial charge >= 0.3 is 5.97 Å². The van der Waals surface area contributed by atoms with Gasteiger partial charge in [-0.3, -0.25) is 4.79 Å². The molecule has 0 aromatic rings. The fourth-order valence-corrected chi connectivity index (χ4v) is 4.54. The van der Waals surface area contributed by atoms with Crippen LogP contribution in [0, 0.1) is 0 Å². The smallest absolute Gasteiger partial charge is 0.305 e. The SMILES string of the molecule is O=C(O)CC1(NS(=O)(=O)N2CCOCC2)CCCCC1. The average molecular weight is 306 g/mol. The van der Waals surface area contributed by atoms with E-state index in [9.17, 15) is 13.2 Å². The molecule has 1 aliphatic heterocycles. The largest absolute Gasteiger partial charge is 0.481 e. The minimum atomic E-state index is -3.65. The van der Waals surface area contributed by atoms with Crippen molar-refractivity contribution in [3.8, 4) is 0 Å². The highest BCUT2D eigenvalue weighted by Gasteiger charge is 2.40. The fraction of sp³-hybridized carbons (Fsp3) is 0.917. The van der Waals surface area contributed by atoms with Crippen LogP contribution in [0.4, 0.5) is 0 Å². The van der Waals surface area contributed by atoms with Crippen LogP contribution in [0.25, 0.3) is 0 Å². The maximum atomic E-state index is 12.4.